The van der Waals surface area contributed by atoms with Crippen LogP contribution >= 0.6 is 0 Å². The second kappa shape index (κ2) is 15.9. The molecule has 0 amide bonds. The highest BCUT2D eigenvalue weighted by molar-refractivity contribution is 5.99. The molecule has 2 heterocycles. The van der Waals surface area contributed by atoms with Crippen molar-refractivity contribution in [2.24, 2.45) is 5.41 Å². The molecule has 2 aliphatic rings. The summed E-state index contributed by atoms with van der Waals surface area (Å²) in [5, 5.41) is 10.2. The Morgan fingerprint density at radius 1 is 0.540 bits per heavy atom. The molecular formula is C59H49N3O. The van der Waals surface area contributed by atoms with Crippen LogP contribution in [0.3, 0.4) is 0 Å². The molecule has 2 aliphatic carbocycles. The number of aryl methyl sites for hydroxylation is 1. The molecule has 0 radical (unpaired) electrons. The van der Waals surface area contributed by atoms with Gasteiger partial charge in [0.15, 0.2) is 0 Å². The van der Waals surface area contributed by atoms with Gasteiger partial charge in [0.05, 0.1) is 5.52 Å². The number of benzene rings is 7. The third kappa shape index (κ3) is 7.36. The van der Waals surface area contributed by atoms with Gasteiger partial charge in [0.1, 0.15) is 0 Å². The van der Waals surface area contributed by atoms with E-state index in [0.29, 0.717) is 11.8 Å². The van der Waals surface area contributed by atoms with Crippen molar-refractivity contribution in [1.29, 1.82) is 0 Å². The van der Waals surface area contributed by atoms with Gasteiger partial charge in [-0.3, -0.25) is 0 Å². The van der Waals surface area contributed by atoms with Crippen LogP contribution in [0.1, 0.15) is 67.1 Å². The molecule has 9 aromatic rings. The van der Waals surface area contributed by atoms with E-state index in [9.17, 15) is 0 Å². The number of aromatic nitrogens is 3. The van der Waals surface area contributed by atoms with Crippen LogP contribution in [-0.2, 0) is 19.3 Å². The van der Waals surface area contributed by atoms with Crippen LogP contribution in [0, 0.1) is 5.41 Å². The average molecular weight is 816 g/mol. The van der Waals surface area contributed by atoms with Crippen molar-refractivity contribution in [3.05, 3.63) is 209 Å². The van der Waals surface area contributed by atoms with E-state index >= 15 is 0 Å². The summed E-state index contributed by atoms with van der Waals surface area (Å²) >= 11 is 0. The highest BCUT2D eigenvalue weighted by atomic mass is 16.4. The standard InChI is InChI=1S/C59H49N3O/c1-59(2,3)38-39-24-34-51(53(36-39)45-33-35-56-54(37-45)52-21-11-12-23-55(52)62(56)46-16-5-4-6-17-46)50-20-10-9-19-49(50)42-27-31-44(32-28-42)58-61-60-57(63-58)43-29-25-41(26-30-43)48-22-13-15-40-14-7-8-18-47(40)48/h4-11,14,16-22,24-37H,12-13,15,23,38H2,1-3H3. The summed E-state index contributed by atoms with van der Waals surface area (Å²) in [5.41, 5.74) is 20.9. The number of para-hydroxylation sites is 1. The third-order valence-electron chi connectivity index (χ3n) is 12.7. The zero-order valence-electron chi connectivity index (χ0n) is 36.1. The molecule has 2 aromatic heterocycles. The molecule has 0 saturated heterocycles. The normalized spacial score (nSPS) is 13.5. The van der Waals surface area contributed by atoms with E-state index in [1.807, 2.05) is 0 Å². The third-order valence-corrected chi connectivity index (χ3v) is 12.7. The molecule has 0 bridgehead atoms. The zero-order valence-corrected chi connectivity index (χ0v) is 36.1. The lowest BCUT2D eigenvalue weighted by Crippen LogP contribution is -2.09. The van der Waals surface area contributed by atoms with Crippen LogP contribution in [0.4, 0.5) is 0 Å². The lowest BCUT2D eigenvalue weighted by atomic mass is 9.84. The van der Waals surface area contributed by atoms with Crippen molar-refractivity contribution in [2.75, 3.05) is 0 Å². The smallest absolute Gasteiger partial charge is 0.248 e. The Balaban J connectivity index is 0.926. The van der Waals surface area contributed by atoms with E-state index in [1.54, 1.807) is 0 Å². The van der Waals surface area contributed by atoms with Crippen LogP contribution in [-0.4, -0.2) is 14.8 Å². The summed E-state index contributed by atoms with van der Waals surface area (Å²) in [6.45, 7) is 6.95. The molecule has 0 N–H and O–H groups in total. The van der Waals surface area contributed by atoms with Gasteiger partial charge in [-0.2, -0.15) is 0 Å². The largest absolute Gasteiger partial charge is 0.416 e. The fourth-order valence-electron chi connectivity index (χ4n) is 9.82. The monoisotopic (exact) mass is 815 g/mol. The second-order valence-corrected chi connectivity index (χ2v) is 18.2. The summed E-state index contributed by atoms with van der Waals surface area (Å²) in [6.07, 6.45) is 12.2. The Morgan fingerprint density at radius 2 is 1.17 bits per heavy atom. The van der Waals surface area contributed by atoms with Gasteiger partial charge >= 0.3 is 0 Å². The van der Waals surface area contributed by atoms with E-state index in [4.69, 9.17) is 4.42 Å². The van der Waals surface area contributed by atoms with Crippen LogP contribution in [0.5, 0.6) is 0 Å². The van der Waals surface area contributed by atoms with Crippen molar-refractivity contribution in [2.45, 2.75) is 52.9 Å². The highest BCUT2D eigenvalue weighted by Gasteiger charge is 2.22. The van der Waals surface area contributed by atoms with Gasteiger partial charge in [0, 0.05) is 33.5 Å². The maximum atomic E-state index is 6.30. The van der Waals surface area contributed by atoms with Crippen LogP contribution in [0.2, 0.25) is 0 Å². The van der Waals surface area contributed by atoms with Crippen molar-refractivity contribution in [3.8, 4) is 62.0 Å². The molecule has 0 unspecified atom stereocenters. The Labute approximate surface area is 369 Å². The maximum absolute atomic E-state index is 6.30. The van der Waals surface area contributed by atoms with E-state index < -0.39 is 0 Å². The van der Waals surface area contributed by atoms with E-state index in [1.165, 1.54) is 83.5 Å². The number of hydrogen-bond donors (Lipinski definition) is 0. The molecule has 4 nitrogen and oxygen atoms in total. The SMILES string of the molecule is CC(C)(C)Cc1ccc(-c2ccccc2-c2ccc(-c3nnc(-c4ccc(C5=CCCc6ccccc65)cc4)o3)cc2)c(-c2ccc3c(c2)c2c(n3-c3ccccc3)CCC=C2)c1. The average Bonchev–Trinajstić information content (AvgIpc) is 3.95. The van der Waals surface area contributed by atoms with Gasteiger partial charge in [0.2, 0.25) is 11.8 Å². The lowest BCUT2D eigenvalue weighted by molar-refractivity contribution is 0.411. The lowest BCUT2D eigenvalue weighted by Gasteiger charge is -2.21. The number of nitrogens with zero attached hydrogens (tertiary/aromatic N) is 3. The Hall–Kier alpha value is -7.30. The molecule has 4 heteroatoms. The first kappa shape index (κ1) is 38.6. The first-order valence-corrected chi connectivity index (χ1v) is 22.3. The molecule has 0 aliphatic heterocycles. The highest BCUT2D eigenvalue weighted by Crippen LogP contribution is 2.43. The van der Waals surface area contributed by atoms with Gasteiger partial charge in [-0.15, -0.1) is 10.2 Å². The summed E-state index contributed by atoms with van der Waals surface area (Å²) in [4.78, 5) is 0. The van der Waals surface area contributed by atoms with Crippen molar-refractivity contribution >= 4 is 22.6 Å². The molecule has 0 spiro atoms. The molecule has 63 heavy (non-hydrogen) atoms. The zero-order chi connectivity index (χ0) is 42.5. The number of hydrogen-bond acceptors (Lipinski definition) is 3. The minimum atomic E-state index is 0.156. The van der Waals surface area contributed by atoms with Crippen LogP contribution in [0.15, 0.2) is 180 Å². The predicted octanol–water partition coefficient (Wildman–Crippen LogP) is 15.3. The molecule has 11 rings (SSSR count). The summed E-state index contributed by atoms with van der Waals surface area (Å²) < 4.78 is 8.76. The van der Waals surface area contributed by atoms with E-state index in [2.05, 4.69) is 218 Å². The Morgan fingerprint density at radius 3 is 1.92 bits per heavy atom. The van der Waals surface area contributed by atoms with E-state index in [0.717, 1.165) is 48.8 Å². The maximum Gasteiger partial charge on any atom is 0.248 e. The predicted molar refractivity (Wildman–Crippen MR) is 261 cm³/mol. The van der Waals surface area contributed by atoms with E-state index in [-0.39, 0.29) is 5.41 Å². The van der Waals surface area contributed by atoms with Gasteiger partial charge < -0.3 is 8.98 Å². The quantitative estimate of drug-likeness (QED) is 0.153. The van der Waals surface area contributed by atoms with Gasteiger partial charge in [-0.05, 0) is 147 Å². The minimum Gasteiger partial charge on any atom is -0.416 e. The summed E-state index contributed by atoms with van der Waals surface area (Å²) in [7, 11) is 0. The summed E-state index contributed by atoms with van der Waals surface area (Å²) in [6, 6.07) is 59.5. The van der Waals surface area contributed by atoms with Gasteiger partial charge in [0.25, 0.3) is 0 Å². The van der Waals surface area contributed by atoms with Crippen molar-refractivity contribution < 1.29 is 4.42 Å². The van der Waals surface area contributed by atoms with Crippen LogP contribution in [0.25, 0.3) is 84.5 Å². The number of rotatable bonds is 8. The number of fused-ring (bicyclic) bond motifs is 4. The fourth-order valence-corrected chi connectivity index (χ4v) is 9.82. The molecule has 0 atom stereocenters. The Bertz CT molecular complexity index is 3210. The molecular weight excluding hydrogens is 767 g/mol. The fraction of sp³-hybridized carbons (Fsp3) is 0.153. The number of allylic oxidation sites excluding steroid dienone is 2. The van der Waals surface area contributed by atoms with Crippen LogP contribution < -0.4 is 0 Å². The second-order valence-electron chi connectivity index (χ2n) is 18.2. The Kier molecular flexibility index (Phi) is 9.73. The molecule has 7 aromatic carbocycles. The molecule has 306 valence electrons. The van der Waals surface area contributed by atoms with Gasteiger partial charge in [-0.25, -0.2) is 0 Å². The first-order valence-electron chi connectivity index (χ1n) is 22.3. The van der Waals surface area contributed by atoms with Crippen molar-refractivity contribution in [1.82, 2.24) is 14.8 Å². The van der Waals surface area contributed by atoms with Crippen molar-refractivity contribution in [3.63, 3.8) is 0 Å². The molecule has 0 saturated carbocycles. The summed E-state index contributed by atoms with van der Waals surface area (Å²) in [5.74, 6) is 1.01. The molecule has 0 fully saturated rings. The minimum absolute atomic E-state index is 0.156. The van der Waals surface area contributed by atoms with Gasteiger partial charge in [-0.1, -0.05) is 154 Å². The first-order chi connectivity index (χ1) is 30.8. The topological polar surface area (TPSA) is 43.9 Å².